The lowest BCUT2D eigenvalue weighted by molar-refractivity contribution is -0.127. The number of alkyl halides is 3. The van der Waals surface area contributed by atoms with Gasteiger partial charge < -0.3 is 10.4 Å². The molecular formula is C15H27F3N2O. The summed E-state index contributed by atoms with van der Waals surface area (Å²) >= 11 is 0. The second-order valence-corrected chi connectivity index (χ2v) is 6.63. The van der Waals surface area contributed by atoms with E-state index in [0.29, 0.717) is 31.3 Å². The molecule has 2 fully saturated rings. The van der Waals surface area contributed by atoms with Crippen LogP contribution in [0.3, 0.4) is 0 Å². The van der Waals surface area contributed by atoms with Crippen LogP contribution in [0.15, 0.2) is 0 Å². The molecule has 0 amide bonds. The Bertz CT molecular complexity index is 321. The van der Waals surface area contributed by atoms with Gasteiger partial charge in [0.2, 0.25) is 0 Å². The third-order valence-electron chi connectivity index (χ3n) is 4.82. The highest BCUT2D eigenvalue weighted by atomic mass is 19.4. The van der Waals surface area contributed by atoms with Crippen molar-refractivity contribution in [3.05, 3.63) is 0 Å². The van der Waals surface area contributed by atoms with E-state index in [0.717, 1.165) is 25.8 Å². The Balaban J connectivity index is 1.89. The van der Waals surface area contributed by atoms with Crippen LogP contribution in [0, 0.1) is 5.92 Å². The molecule has 2 aliphatic rings. The fourth-order valence-corrected chi connectivity index (χ4v) is 3.42. The van der Waals surface area contributed by atoms with Crippen molar-refractivity contribution in [3.8, 4) is 0 Å². The summed E-state index contributed by atoms with van der Waals surface area (Å²) in [5.41, 5.74) is 0. The molecule has 3 atom stereocenters. The molecule has 0 bridgehead atoms. The van der Waals surface area contributed by atoms with E-state index in [9.17, 15) is 18.3 Å². The lowest BCUT2D eigenvalue weighted by Gasteiger charge is -2.46. The van der Waals surface area contributed by atoms with Crippen LogP contribution in [-0.2, 0) is 0 Å². The molecule has 1 saturated heterocycles. The SMILES string of the molecule is CCC(O)CC1CC(NCC(F)(F)F)CN(C2CCC2)C1. The lowest BCUT2D eigenvalue weighted by atomic mass is 9.84. The summed E-state index contributed by atoms with van der Waals surface area (Å²) in [4.78, 5) is 2.34. The molecule has 2 rings (SSSR count). The maximum atomic E-state index is 12.4. The van der Waals surface area contributed by atoms with Gasteiger partial charge in [0.1, 0.15) is 0 Å². The average molecular weight is 308 g/mol. The first-order chi connectivity index (χ1) is 9.87. The normalized spacial score (nSPS) is 30.1. The number of aliphatic hydroxyl groups excluding tert-OH is 1. The van der Waals surface area contributed by atoms with E-state index < -0.39 is 12.7 Å². The van der Waals surface area contributed by atoms with Crippen LogP contribution in [0.25, 0.3) is 0 Å². The molecule has 6 heteroatoms. The highest BCUT2D eigenvalue weighted by molar-refractivity contribution is 4.90. The molecule has 1 heterocycles. The zero-order valence-corrected chi connectivity index (χ0v) is 12.7. The number of rotatable bonds is 6. The molecule has 1 aliphatic heterocycles. The predicted molar refractivity (Wildman–Crippen MR) is 76.1 cm³/mol. The zero-order chi connectivity index (χ0) is 15.5. The summed E-state index contributed by atoms with van der Waals surface area (Å²) in [7, 11) is 0. The number of hydrogen-bond donors (Lipinski definition) is 2. The van der Waals surface area contributed by atoms with Crippen LogP contribution >= 0.6 is 0 Å². The molecule has 3 nitrogen and oxygen atoms in total. The van der Waals surface area contributed by atoms with Gasteiger partial charge in [-0.2, -0.15) is 13.2 Å². The van der Waals surface area contributed by atoms with E-state index in [2.05, 4.69) is 10.2 Å². The van der Waals surface area contributed by atoms with E-state index >= 15 is 0 Å². The van der Waals surface area contributed by atoms with E-state index in [1.165, 1.54) is 6.42 Å². The quantitative estimate of drug-likeness (QED) is 0.791. The van der Waals surface area contributed by atoms with Crippen LogP contribution in [0.4, 0.5) is 13.2 Å². The minimum atomic E-state index is -4.16. The van der Waals surface area contributed by atoms with E-state index in [1.54, 1.807) is 0 Å². The van der Waals surface area contributed by atoms with Crippen molar-refractivity contribution in [2.45, 2.75) is 69.8 Å². The summed E-state index contributed by atoms with van der Waals surface area (Å²) in [6.07, 6.45) is 1.20. The Morgan fingerprint density at radius 1 is 1.29 bits per heavy atom. The first-order valence-electron chi connectivity index (χ1n) is 8.09. The van der Waals surface area contributed by atoms with Gasteiger partial charge in [-0.05, 0) is 38.0 Å². The fourth-order valence-electron chi connectivity index (χ4n) is 3.42. The van der Waals surface area contributed by atoms with E-state index in [-0.39, 0.29) is 12.1 Å². The summed E-state index contributed by atoms with van der Waals surface area (Å²) < 4.78 is 37.2. The van der Waals surface area contributed by atoms with Gasteiger partial charge in [0.05, 0.1) is 12.6 Å². The maximum Gasteiger partial charge on any atom is 0.401 e. The Hall–Kier alpha value is -0.330. The number of aliphatic hydroxyl groups is 1. The standard InChI is InChI=1S/C15H27F3N2O/c1-2-14(21)7-11-6-12(19-10-15(16,17)18)9-20(8-11)13-4-3-5-13/h11-14,19,21H,2-10H2,1H3. The first kappa shape index (κ1) is 17.0. The smallest absolute Gasteiger partial charge is 0.393 e. The van der Waals surface area contributed by atoms with Crippen molar-refractivity contribution in [2.75, 3.05) is 19.6 Å². The number of nitrogens with one attached hydrogen (secondary N) is 1. The van der Waals surface area contributed by atoms with Crippen LogP contribution in [0.2, 0.25) is 0 Å². The molecule has 3 unspecified atom stereocenters. The van der Waals surface area contributed by atoms with Gasteiger partial charge in [-0.25, -0.2) is 0 Å². The van der Waals surface area contributed by atoms with Gasteiger partial charge in [-0.15, -0.1) is 0 Å². The number of nitrogens with zero attached hydrogens (tertiary/aromatic N) is 1. The fraction of sp³-hybridized carbons (Fsp3) is 1.00. The van der Waals surface area contributed by atoms with E-state index in [4.69, 9.17) is 0 Å². The molecule has 21 heavy (non-hydrogen) atoms. The Kier molecular flexibility index (Phi) is 5.91. The van der Waals surface area contributed by atoms with Gasteiger partial charge in [-0.1, -0.05) is 13.3 Å². The molecule has 0 aromatic heterocycles. The topological polar surface area (TPSA) is 35.5 Å². The predicted octanol–water partition coefficient (Wildman–Crippen LogP) is 2.54. The number of piperidine rings is 1. The third-order valence-corrected chi connectivity index (χ3v) is 4.82. The lowest BCUT2D eigenvalue weighted by Crippen LogP contribution is -2.55. The molecular weight excluding hydrogens is 281 g/mol. The summed E-state index contributed by atoms with van der Waals surface area (Å²) in [5, 5.41) is 12.5. The molecule has 1 saturated carbocycles. The highest BCUT2D eigenvalue weighted by Gasteiger charge is 2.36. The molecule has 0 spiro atoms. The zero-order valence-electron chi connectivity index (χ0n) is 12.7. The molecule has 1 aliphatic carbocycles. The Morgan fingerprint density at radius 3 is 2.52 bits per heavy atom. The number of halogens is 3. The van der Waals surface area contributed by atoms with E-state index in [1.807, 2.05) is 6.92 Å². The van der Waals surface area contributed by atoms with Gasteiger partial charge in [0, 0.05) is 25.2 Å². The van der Waals surface area contributed by atoms with Crippen molar-refractivity contribution >= 4 is 0 Å². The van der Waals surface area contributed by atoms with Crippen LogP contribution in [0.1, 0.15) is 45.4 Å². The second-order valence-electron chi connectivity index (χ2n) is 6.63. The van der Waals surface area contributed by atoms with Crippen molar-refractivity contribution in [2.24, 2.45) is 5.92 Å². The maximum absolute atomic E-state index is 12.4. The monoisotopic (exact) mass is 308 g/mol. The van der Waals surface area contributed by atoms with Crippen molar-refractivity contribution in [3.63, 3.8) is 0 Å². The molecule has 0 aromatic carbocycles. The Morgan fingerprint density at radius 2 is 2.00 bits per heavy atom. The molecule has 0 aromatic rings. The van der Waals surface area contributed by atoms with Gasteiger partial charge in [-0.3, -0.25) is 4.90 Å². The minimum Gasteiger partial charge on any atom is -0.393 e. The van der Waals surface area contributed by atoms with Crippen LogP contribution in [0.5, 0.6) is 0 Å². The minimum absolute atomic E-state index is 0.116. The molecule has 124 valence electrons. The summed E-state index contributed by atoms with van der Waals surface area (Å²) in [5.74, 6) is 0.292. The third kappa shape index (κ3) is 5.42. The number of hydrogen-bond acceptors (Lipinski definition) is 3. The van der Waals surface area contributed by atoms with Crippen molar-refractivity contribution in [1.29, 1.82) is 0 Å². The summed E-state index contributed by atoms with van der Waals surface area (Å²) in [6.45, 7) is 2.65. The molecule has 2 N–H and O–H groups in total. The van der Waals surface area contributed by atoms with Crippen LogP contribution in [-0.4, -0.2) is 54.0 Å². The van der Waals surface area contributed by atoms with Gasteiger partial charge >= 0.3 is 6.18 Å². The highest BCUT2D eigenvalue weighted by Crippen LogP contribution is 2.31. The Labute approximate surface area is 124 Å². The van der Waals surface area contributed by atoms with Crippen molar-refractivity contribution in [1.82, 2.24) is 10.2 Å². The molecule has 0 radical (unpaired) electrons. The number of likely N-dealkylation sites (tertiary alicyclic amines) is 1. The van der Waals surface area contributed by atoms with Gasteiger partial charge in [0.25, 0.3) is 0 Å². The van der Waals surface area contributed by atoms with Crippen LogP contribution < -0.4 is 5.32 Å². The van der Waals surface area contributed by atoms with Gasteiger partial charge in [0.15, 0.2) is 0 Å². The largest absolute Gasteiger partial charge is 0.401 e. The average Bonchev–Trinajstić information content (AvgIpc) is 2.33. The summed E-state index contributed by atoms with van der Waals surface area (Å²) in [6, 6.07) is 0.428. The first-order valence-corrected chi connectivity index (χ1v) is 8.09. The second kappa shape index (κ2) is 7.29. The van der Waals surface area contributed by atoms with Crippen molar-refractivity contribution < 1.29 is 18.3 Å².